The van der Waals surface area contributed by atoms with Gasteiger partial charge < -0.3 is 14.8 Å². The number of amides is 1. The number of nitrogens with one attached hydrogen (secondary N) is 1. The number of aromatic nitrogens is 4. The van der Waals surface area contributed by atoms with Gasteiger partial charge in [0, 0.05) is 22.7 Å². The second kappa shape index (κ2) is 9.84. The molecule has 3 rings (SSSR count). The van der Waals surface area contributed by atoms with Gasteiger partial charge in [-0.25, -0.2) is 4.68 Å². The number of halogens is 1. The highest BCUT2D eigenvalue weighted by molar-refractivity contribution is 6.31. The van der Waals surface area contributed by atoms with E-state index in [1.165, 1.54) is 11.0 Å². The van der Waals surface area contributed by atoms with Crippen molar-refractivity contribution < 1.29 is 19.1 Å². The van der Waals surface area contributed by atoms with Crippen LogP contribution in [0.15, 0.2) is 42.7 Å². The lowest BCUT2D eigenvalue weighted by molar-refractivity contribution is -0.142. The number of hydrogen-bond donors (Lipinski definition) is 1. The van der Waals surface area contributed by atoms with Crippen molar-refractivity contribution in [2.45, 2.75) is 13.3 Å². The Morgan fingerprint density at radius 2 is 2.03 bits per heavy atom. The highest BCUT2D eigenvalue weighted by Gasteiger charge is 2.15. The molecule has 0 spiro atoms. The molecule has 0 saturated heterocycles. The second-order valence-electron chi connectivity index (χ2n) is 6.18. The summed E-state index contributed by atoms with van der Waals surface area (Å²) in [6, 6.07) is 10.4. The molecule has 0 unspecified atom stereocenters. The summed E-state index contributed by atoms with van der Waals surface area (Å²) >= 11 is 6.17. The minimum absolute atomic E-state index is 0.0846. The Balaban J connectivity index is 1.95. The van der Waals surface area contributed by atoms with E-state index >= 15 is 0 Å². The maximum atomic E-state index is 12.7. The topological polar surface area (TPSA) is 108 Å². The van der Waals surface area contributed by atoms with Crippen LogP contribution in [0.5, 0.6) is 5.75 Å². The molecular weight excluding hydrogens is 410 g/mol. The van der Waals surface area contributed by atoms with E-state index < -0.39 is 0 Å². The molecular formula is C20H20ClN5O4. The van der Waals surface area contributed by atoms with E-state index in [-0.39, 0.29) is 24.8 Å². The molecule has 0 aliphatic carbocycles. The molecule has 0 atom stereocenters. The third-order valence-electron chi connectivity index (χ3n) is 4.19. The third kappa shape index (κ3) is 5.12. The third-order valence-corrected chi connectivity index (χ3v) is 4.42. The molecule has 156 valence electrons. The molecule has 0 aliphatic rings. The van der Waals surface area contributed by atoms with Gasteiger partial charge in [-0.05, 0) is 59.3 Å². The quantitative estimate of drug-likeness (QED) is 0.548. The summed E-state index contributed by atoms with van der Waals surface area (Å²) in [5.74, 6) is -0.122. The summed E-state index contributed by atoms with van der Waals surface area (Å²) in [6.07, 6.45) is 1.51. The molecule has 9 nitrogen and oxygen atoms in total. The maximum Gasteiger partial charge on any atom is 0.307 e. The van der Waals surface area contributed by atoms with E-state index in [1.807, 2.05) is 6.07 Å². The van der Waals surface area contributed by atoms with Crippen molar-refractivity contribution in [2.24, 2.45) is 0 Å². The standard InChI is InChI=1S/C20H20ClN5O4/c1-3-30-19(27)6-7-22-20(28)14-8-13(9-16(10-14)26-12-23-24-25-26)17-11-15(21)4-5-18(17)29-2/h4-5,8-12H,3,6-7H2,1-2H3,(H,22,28). The van der Waals surface area contributed by atoms with Gasteiger partial charge in [-0.2, -0.15) is 0 Å². The first-order valence-corrected chi connectivity index (χ1v) is 9.55. The monoisotopic (exact) mass is 429 g/mol. The zero-order valence-electron chi connectivity index (χ0n) is 16.5. The first kappa shape index (κ1) is 21.3. The Labute approximate surface area is 177 Å². The molecule has 3 aromatic rings. The van der Waals surface area contributed by atoms with Crippen molar-refractivity contribution in [1.82, 2.24) is 25.5 Å². The van der Waals surface area contributed by atoms with Gasteiger partial charge in [-0.15, -0.1) is 5.10 Å². The highest BCUT2D eigenvalue weighted by atomic mass is 35.5. The van der Waals surface area contributed by atoms with E-state index in [1.54, 1.807) is 44.4 Å². The van der Waals surface area contributed by atoms with Gasteiger partial charge in [-0.3, -0.25) is 9.59 Å². The highest BCUT2D eigenvalue weighted by Crippen LogP contribution is 2.34. The molecule has 0 fully saturated rings. The van der Waals surface area contributed by atoms with E-state index in [4.69, 9.17) is 21.1 Å². The van der Waals surface area contributed by atoms with Crippen LogP contribution in [-0.2, 0) is 9.53 Å². The van der Waals surface area contributed by atoms with Crippen molar-refractivity contribution in [1.29, 1.82) is 0 Å². The Hall–Kier alpha value is -3.46. The Morgan fingerprint density at radius 3 is 2.73 bits per heavy atom. The number of ether oxygens (including phenoxy) is 2. The number of tetrazole rings is 1. The van der Waals surface area contributed by atoms with Crippen LogP contribution in [0.3, 0.4) is 0 Å². The lowest BCUT2D eigenvalue weighted by Gasteiger charge is -2.13. The average Bonchev–Trinajstić information content (AvgIpc) is 3.28. The van der Waals surface area contributed by atoms with Crippen LogP contribution in [0.25, 0.3) is 16.8 Å². The number of hydrogen-bond acceptors (Lipinski definition) is 7. The molecule has 2 aromatic carbocycles. The number of nitrogens with zero attached hydrogens (tertiary/aromatic N) is 4. The summed E-state index contributed by atoms with van der Waals surface area (Å²) in [6.45, 7) is 2.18. The lowest BCUT2D eigenvalue weighted by Crippen LogP contribution is -2.26. The van der Waals surface area contributed by atoms with Gasteiger partial charge in [0.15, 0.2) is 0 Å². The van der Waals surface area contributed by atoms with Crippen molar-refractivity contribution in [3.63, 3.8) is 0 Å². The fourth-order valence-corrected chi connectivity index (χ4v) is 3.00. The number of benzene rings is 2. The lowest BCUT2D eigenvalue weighted by atomic mass is 10.0. The van der Waals surface area contributed by atoms with E-state index in [0.717, 1.165) is 0 Å². The zero-order chi connectivity index (χ0) is 21.5. The predicted molar refractivity (Wildman–Crippen MR) is 110 cm³/mol. The van der Waals surface area contributed by atoms with Gasteiger partial charge in [0.1, 0.15) is 12.1 Å². The van der Waals surface area contributed by atoms with Gasteiger partial charge in [0.2, 0.25) is 0 Å². The predicted octanol–water partition coefficient (Wildman–Crippen LogP) is 2.67. The summed E-state index contributed by atoms with van der Waals surface area (Å²) in [7, 11) is 1.56. The number of esters is 1. The first-order chi connectivity index (χ1) is 14.5. The average molecular weight is 430 g/mol. The van der Waals surface area contributed by atoms with Crippen LogP contribution in [0.4, 0.5) is 0 Å². The van der Waals surface area contributed by atoms with Crippen LogP contribution < -0.4 is 10.1 Å². The van der Waals surface area contributed by atoms with Crippen molar-refractivity contribution >= 4 is 23.5 Å². The fraction of sp³-hybridized carbons (Fsp3) is 0.250. The number of carbonyl (C=O) groups is 2. The maximum absolute atomic E-state index is 12.7. The molecule has 1 N–H and O–H groups in total. The van der Waals surface area contributed by atoms with Crippen molar-refractivity contribution in [3.8, 4) is 22.6 Å². The molecule has 1 amide bonds. The van der Waals surface area contributed by atoms with Crippen molar-refractivity contribution in [3.05, 3.63) is 53.3 Å². The molecule has 30 heavy (non-hydrogen) atoms. The smallest absolute Gasteiger partial charge is 0.307 e. The van der Waals surface area contributed by atoms with Crippen LogP contribution in [0.2, 0.25) is 5.02 Å². The minimum Gasteiger partial charge on any atom is -0.496 e. The largest absolute Gasteiger partial charge is 0.496 e. The molecule has 10 heteroatoms. The Kier molecular flexibility index (Phi) is 6.97. The normalized spacial score (nSPS) is 10.5. The van der Waals surface area contributed by atoms with Crippen molar-refractivity contribution in [2.75, 3.05) is 20.3 Å². The summed E-state index contributed by atoms with van der Waals surface area (Å²) in [5.41, 5.74) is 2.34. The van der Waals surface area contributed by atoms with E-state index in [2.05, 4.69) is 20.8 Å². The number of methoxy groups -OCH3 is 1. The van der Waals surface area contributed by atoms with Gasteiger partial charge >= 0.3 is 5.97 Å². The molecule has 0 bridgehead atoms. The first-order valence-electron chi connectivity index (χ1n) is 9.18. The van der Waals surface area contributed by atoms with E-state index in [0.29, 0.717) is 39.8 Å². The number of rotatable bonds is 8. The van der Waals surface area contributed by atoms with Gasteiger partial charge in [0.05, 0.1) is 25.8 Å². The van der Waals surface area contributed by atoms with Gasteiger partial charge in [0.25, 0.3) is 5.91 Å². The Bertz CT molecular complexity index is 1040. The van der Waals surface area contributed by atoms with Gasteiger partial charge in [-0.1, -0.05) is 11.6 Å². The Morgan fingerprint density at radius 1 is 1.20 bits per heavy atom. The summed E-state index contributed by atoms with van der Waals surface area (Å²) in [5, 5.41) is 14.4. The molecule has 1 heterocycles. The molecule has 0 saturated carbocycles. The molecule has 0 aliphatic heterocycles. The minimum atomic E-state index is -0.371. The summed E-state index contributed by atoms with van der Waals surface area (Å²) < 4.78 is 11.8. The van der Waals surface area contributed by atoms with E-state index in [9.17, 15) is 9.59 Å². The molecule has 0 radical (unpaired) electrons. The molecule has 1 aromatic heterocycles. The second-order valence-corrected chi connectivity index (χ2v) is 6.61. The fourth-order valence-electron chi connectivity index (χ4n) is 2.83. The SMILES string of the molecule is CCOC(=O)CCNC(=O)c1cc(-c2cc(Cl)ccc2OC)cc(-n2cnnn2)c1. The number of carbonyl (C=O) groups excluding carboxylic acids is 2. The van der Waals surface area contributed by atoms with Crippen LogP contribution in [0.1, 0.15) is 23.7 Å². The van der Waals surface area contributed by atoms with Crippen LogP contribution in [-0.4, -0.2) is 52.3 Å². The zero-order valence-corrected chi connectivity index (χ0v) is 17.2. The van der Waals surface area contributed by atoms with Crippen LogP contribution in [0, 0.1) is 0 Å². The van der Waals surface area contributed by atoms with Crippen LogP contribution >= 0.6 is 11.6 Å². The summed E-state index contributed by atoms with van der Waals surface area (Å²) in [4.78, 5) is 24.2.